The molecular weight excluding hydrogens is 435 g/mol. The summed E-state index contributed by atoms with van der Waals surface area (Å²) in [4.78, 5) is 12.0. The molecule has 148 valence electrons. The molecule has 3 aromatic rings. The predicted octanol–water partition coefficient (Wildman–Crippen LogP) is 5.25. The van der Waals surface area contributed by atoms with Gasteiger partial charge >= 0.3 is 0 Å². The Hall–Kier alpha value is -2.99. The van der Waals surface area contributed by atoms with Gasteiger partial charge in [-0.25, -0.2) is 9.82 Å². The lowest BCUT2D eigenvalue weighted by molar-refractivity contribution is -0.121. The first-order chi connectivity index (χ1) is 14.1. The van der Waals surface area contributed by atoms with Crippen molar-refractivity contribution in [1.82, 2.24) is 5.43 Å². The maximum Gasteiger partial charge on any atom is 0.240 e. The fourth-order valence-electron chi connectivity index (χ4n) is 2.67. The molecule has 0 heterocycles. The van der Waals surface area contributed by atoms with Gasteiger partial charge in [-0.1, -0.05) is 58.4 Å². The van der Waals surface area contributed by atoms with E-state index in [2.05, 4.69) is 26.5 Å². The molecule has 0 radical (unpaired) electrons. The Bertz CT molecular complexity index is 993. The Kier molecular flexibility index (Phi) is 7.53. The number of hydrazone groups is 1. The van der Waals surface area contributed by atoms with Crippen molar-refractivity contribution < 1.29 is 13.9 Å². The molecule has 0 aliphatic rings. The Labute approximate surface area is 177 Å². The van der Waals surface area contributed by atoms with Crippen molar-refractivity contribution >= 4 is 28.1 Å². The van der Waals surface area contributed by atoms with E-state index in [1.54, 1.807) is 18.2 Å². The number of aryl methyl sites for hydroxylation is 1. The highest BCUT2D eigenvalue weighted by Crippen LogP contribution is 2.23. The van der Waals surface area contributed by atoms with Crippen LogP contribution in [0.15, 0.2) is 82.4 Å². The summed E-state index contributed by atoms with van der Waals surface area (Å²) in [6, 6.07) is 21.5. The molecule has 0 aromatic heterocycles. The number of halogens is 2. The molecule has 6 heteroatoms. The Morgan fingerprint density at radius 1 is 1.03 bits per heavy atom. The summed E-state index contributed by atoms with van der Waals surface area (Å²) in [6.45, 7) is 0.226. The van der Waals surface area contributed by atoms with Crippen LogP contribution in [0.5, 0.6) is 5.75 Å². The second-order valence-electron chi connectivity index (χ2n) is 6.38. The molecule has 0 aliphatic carbocycles. The zero-order chi connectivity index (χ0) is 20.5. The number of nitrogens with one attached hydrogen (secondary N) is 1. The highest BCUT2D eigenvalue weighted by atomic mass is 79.9. The lowest BCUT2D eigenvalue weighted by Crippen LogP contribution is -2.18. The minimum atomic E-state index is -0.304. The zero-order valence-electron chi connectivity index (χ0n) is 15.6. The molecule has 1 N–H and O–H groups in total. The number of hydrogen-bond acceptors (Lipinski definition) is 3. The quantitative estimate of drug-likeness (QED) is 0.373. The van der Waals surface area contributed by atoms with E-state index in [0.29, 0.717) is 24.2 Å². The summed E-state index contributed by atoms with van der Waals surface area (Å²) in [5.41, 5.74) is 5.06. The van der Waals surface area contributed by atoms with Crippen LogP contribution < -0.4 is 10.2 Å². The van der Waals surface area contributed by atoms with Crippen LogP contribution in [-0.2, 0) is 17.8 Å². The maximum absolute atomic E-state index is 13.3. The minimum Gasteiger partial charge on any atom is -0.488 e. The maximum atomic E-state index is 13.3. The van der Waals surface area contributed by atoms with Gasteiger partial charge in [0.2, 0.25) is 5.91 Å². The standard InChI is InChI=1S/C23H20BrFN2O2/c24-20-10-11-22(29-16-18-7-4-8-21(25)13-18)19(14-20)15-26-27-23(28)12-9-17-5-2-1-3-6-17/h1-8,10-11,13-15H,9,12,16H2,(H,27,28)/b26-15+. The molecule has 29 heavy (non-hydrogen) atoms. The van der Waals surface area contributed by atoms with E-state index in [4.69, 9.17) is 4.74 Å². The van der Waals surface area contributed by atoms with Gasteiger partial charge in [-0.3, -0.25) is 4.79 Å². The van der Waals surface area contributed by atoms with Gasteiger partial charge < -0.3 is 4.74 Å². The minimum absolute atomic E-state index is 0.165. The third kappa shape index (κ3) is 6.84. The molecule has 0 saturated heterocycles. The van der Waals surface area contributed by atoms with Gasteiger partial charge in [-0.15, -0.1) is 0 Å². The third-order valence-electron chi connectivity index (χ3n) is 4.13. The van der Waals surface area contributed by atoms with Crippen molar-refractivity contribution in [3.8, 4) is 5.75 Å². The first kappa shape index (κ1) is 20.7. The van der Waals surface area contributed by atoms with Crippen LogP contribution in [-0.4, -0.2) is 12.1 Å². The van der Waals surface area contributed by atoms with Gasteiger partial charge in [0.05, 0.1) is 6.21 Å². The first-order valence-corrected chi connectivity index (χ1v) is 9.92. The summed E-state index contributed by atoms with van der Waals surface area (Å²) >= 11 is 3.42. The van der Waals surface area contributed by atoms with Crippen molar-refractivity contribution in [2.45, 2.75) is 19.4 Å². The molecule has 0 saturated carbocycles. The highest BCUT2D eigenvalue weighted by Gasteiger charge is 2.05. The molecule has 1 amide bonds. The van der Waals surface area contributed by atoms with Crippen molar-refractivity contribution in [2.24, 2.45) is 5.10 Å². The van der Waals surface area contributed by atoms with Gasteiger partial charge in [-0.05, 0) is 47.9 Å². The van der Waals surface area contributed by atoms with E-state index in [1.165, 1.54) is 18.3 Å². The fraction of sp³-hybridized carbons (Fsp3) is 0.130. The molecule has 0 fully saturated rings. The van der Waals surface area contributed by atoms with Crippen LogP contribution in [0.25, 0.3) is 0 Å². The van der Waals surface area contributed by atoms with Gasteiger partial charge in [0.1, 0.15) is 18.2 Å². The zero-order valence-corrected chi connectivity index (χ0v) is 17.2. The SMILES string of the molecule is O=C(CCc1ccccc1)N/N=C/c1cc(Br)ccc1OCc1cccc(F)c1. The van der Waals surface area contributed by atoms with Crippen LogP contribution in [0.2, 0.25) is 0 Å². The summed E-state index contributed by atoms with van der Waals surface area (Å²) in [6.07, 6.45) is 2.54. The molecule has 4 nitrogen and oxygen atoms in total. The smallest absolute Gasteiger partial charge is 0.240 e. The molecule has 0 atom stereocenters. The second-order valence-corrected chi connectivity index (χ2v) is 7.30. The number of hydrogen-bond donors (Lipinski definition) is 1. The van der Waals surface area contributed by atoms with Crippen LogP contribution in [0.4, 0.5) is 4.39 Å². The average Bonchev–Trinajstić information content (AvgIpc) is 2.72. The van der Waals surface area contributed by atoms with Crippen LogP contribution in [0.1, 0.15) is 23.1 Å². The van der Waals surface area contributed by atoms with E-state index in [1.807, 2.05) is 42.5 Å². The van der Waals surface area contributed by atoms with Crippen LogP contribution in [0, 0.1) is 5.82 Å². The summed E-state index contributed by atoms with van der Waals surface area (Å²) in [7, 11) is 0. The topological polar surface area (TPSA) is 50.7 Å². The number of ether oxygens (including phenoxy) is 1. The van der Waals surface area contributed by atoms with E-state index in [0.717, 1.165) is 15.6 Å². The van der Waals surface area contributed by atoms with Gasteiger partial charge in [0, 0.05) is 16.5 Å². The van der Waals surface area contributed by atoms with Crippen LogP contribution in [0.3, 0.4) is 0 Å². The van der Waals surface area contributed by atoms with Gasteiger partial charge in [0.25, 0.3) is 0 Å². The Morgan fingerprint density at radius 3 is 2.62 bits per heavy atom. The number of carbonyl (C=O) groups excluding carboxylic acids is 1. The summed E-state index contributed by atoms with van der Waals surface area (Å²) in [5, 5.41) is 4.04. The van der Waals surface area contributed by atoms with E-state index < -0.39 is 0 Å². The number of benzene rings is 3. The van der Waals surface area contributed by atoms with Crippen molar-refractivity contribution in [1.29, 1.82) is 0 Å². The van der Waals surface area contributed by atoms with Gasteiger partial charge in [-0.2, -0.15) is 5.10 Å². The molecule has 0 unspecified atom stereocenters. The highest BCUT2D eigenvalue weighted by molar-refractivity contribution is 9.10. The molecule has 3 rings (SSSR count). The molecule has 3 aromatic carbocycles. The van der Waals surface area contributed by atoms with Gasteiger partial charge in [0.15, 0.2) is 0 Å². The second kappa shape index (κ2) is 10.5. The van der Waals surface area contributed by atoms with Crippen molar-refractivity contribution in [2.75, 3.05) is 0 Å². The summed E-state index contributed by atoms with van der Waals surface area (Å²) < 4.78 is 20.0. The van der Waals surface area contributed by atoms with Crippen LogP contribution >= 0.6 is 15.9 Å². The lowest BCUT2D eigenvalue weighted by Gasteiger charge is -2.10. The Balaban J connectivity index is 1.57. The fourth-order valence-corrected chi connectivity index (χ4v) is 3.05. The number of amides is 1. The molecular formula is C23H20BrFN2O2. The predicted molar refractivity (Wildman–Crippen MR) is 115 cm³/mol. The molecule has 0 spiro atoms. The van der Waals surface area contributed by atoms with Crippen molar-refractivity contribution in [3.05, 3.63) is 99.8 Å². The molecule has 0 aliphatic heterocycles. The lowest BCUT2D eigenvalue weighted by atomic mass is 10.1. The Morgan fingerprint density at radius 2 is 1.83 bits per heavy atom. The van der Waals surface area contributed by atoms with E-state index in [9.17, 15) is 9.18 Å². The third-order valence-corrected chi connectivity index (χ3v) is 4.62. The number of rotatable bonds is 8. The normalized spacial score (nSPS) is 10.8. The molecule has 0 bridgehead atoms. The summed E-state index contributed by atoms with van der Waals surface area (Å²) in [5.74, 6) is 0.115. The average molecular weight is 455 g/mol. The van der Waals surface area contributed by atoms with Crippen molar-refractivity contribution in [3.63, 3.8) is 0 Å². The van der Waals surface area contributed by atoms with E-state index >= 15 is 0 Å². The first-order valence-electron chi connectivity index (χ1n) is 9.13. The number of nitrogens with zero attached hydrogens (tertiary/aromatic N) is 1. The monoisotopic (exact) mass is 454 g/mol. The number of carbonyl (C=O) groups is 1. The largest absolute Gasteiger partial charge is 0.488 e. The van der Waals surface area contributed by atoms with E-state index in [-0.39, 0.29) is 18.3 Å².